The summed E-state index contributed by atoms with van der Waals surface area (Å²) in [4.78, 5) is 19.8. The van der Waals surface area contributed by atoms with Gasteiger partial charge in [0, 0.05) is 26.1 Å². The summed E-state index contributed by atoms with van der Waals surface area (Å²) in [5.41, 5.74) is 0. The molecule has 0 aromatic rings. The van der Waals surface area contributed by atoms with Gasteiger partial charge in [0.15, 0.2) is 0 Å². The van der Waals surface area contributed by atoms with Crippen LogP contribution < -0.4 is 0 Å². The first-order chi connectivity index (χ1) is 12.0. The average molecular weight is 370 g/mol. The van der Waals surface area contributed by atoms with E-state index in [1.807, 2.05) is 0 Å². The Bertz CT molecular complexity index is 246. The number of carbonyl (C=O) groups is 2. The van der Waals surface area contributed by atoms with E-state index < -0.39 is 11.9 Å². The van der Waals surface area contributed by atoms with Crippen LogP contribution in [0.1, 0.15) is 51.4 Å². The first-order valence-corrected chi connectivity index (χ1v) is 8.40. The molecule has 0 amide bonds. The normalized spacial score (nSPS) is 9.44. The van der Waals surface area contributed by atoms with E-state index in [9.17, 15) is 9.59 Å². The minimum atomic E-state index is -0.870. The van der Waals surface area contributed by atoms with Gasteiger partial charge in [-0.25, -0.2) is 0 Å². The van der Waals surface area contributed by atoms with Gasteiger partial charge in [0.1, 0.15) is 0 Å². The number of carboxylic acids is 2. The largest absolute Gasteiger partial charge is 0.481 e. The molecule has 0 aliphatic heterocycles. The van der Waals surface area contributed by atoms with Crippen molar-refractivity contribution in [1.29, 1.82) is 0 Å². The minimum absolute atomic E-state index is 0.0278. The summed E-state index contributed by atoms with van der Waals surface area (Å²) < 4.78 is 4.63. The van der Waals surface area contributed by atoms with Crippen molar-refractivity contribution in [2.45, 2.75) is 51.4 Å². The third-order valence-corrected chi connectivity index (χ3v) is 2.57. The standard InChI is InChI=1S/C6H10O4.C6H14O2.C4H10O3/c7-5(8)3-1-2-4-6(9)10;7-5-3-1-2-4-6-8;5-1-3-7-4-2-6/h1-4H2,(H,7,8)(H,9,10);7-8H,1-6H2;5-6H,1-4H2. The second kappa shape index (κ2) is 27.6. The van der Waals surface area contributed by atoms with Gasteiger partial charge in [0.05, 0.1) is 26.4 Å². The Labute approximate surface area is 148 Å². The Balaban J connectivity index is -0.000000296. The molecule has 0 bridgehead atoms. The SMILES string of the molecule is O=C(O)CCCCC(=O)O.OCCCCCCO.OCCOCCO. The number of aliphatic hydroxyl groups excluding tert-OH is 4. The zero-order valence-electron chi connectivity index (χ0n) is 14.8. The van der Waals surface area contributed by atoms with Gasteiger partial charge in [-0.1, -0.05) is 12.8 Å². The maximum atomic E-state index is 9.90. The van der Waals surface area contributed by atoms with Gasteiger partial charge in [-0.2, -0.15) is 0 Å². The van der Waals surface area contributed by atoms with Crippen LogP contribution in [0.4, 0.5) is 0 Å². The topological polar surface area (TPSA) is 165 Å². The van der Waals surface area contributed by atoms with E-state index >= 15 is 0 Å². The smallest absolute Gasteiger partial charge is 0.303 e. The monoisotopic (exact) mass is 370 g/mol. The molecule has 9 heteroatoms. The molecule has 0 rings (SSSR count). The first-order valence-electron chi connectivity index (χ1n) is 8.40. The van der Waals surface area contributed by atoms with Gasteiger partial charge in [-0.05, 0) is 25.7 Å². The van der Waals surface area contributed by atoms with Crippen LogP contribution in [0.2, 0.25) is 0 Å². The number of aliphatic hydroxyl groups is 4. The number of unbranched alkanes of at least 4 members (excludes halogenated alkanes) is 4. The summed E-state index contributed by atoms with van der Waals surface area (Å²) >= 11 is 0. The number of hydrogen-bond donors (Lipinski definition) is 6. The van der Waals surface area contributed by atoms with Crippen LogP contribution in [0.15, 0.2) is 0 Å². The molecule has 152 valence electrons. The quantitative estimate of drug-likeness (QED) is 0.235. The molecule has 6 N–H and O–H groups in total. The third-order valence-electron chi connectivity index (χ3n) is 2.57. The van der Waals surface area contributed by atoms with E-state index in [0.29, 0.717) is 26.1 Å². The van der Waals surface area contributed by atoms with Crippen molar-refractivity contribution in [2.24, 2.45) is 0 Å². The molecule has 0 aliphatic carbocycles. The highest BCUT2D eigenvalue weighted by Crippen LogP contribution is 1.98. The number of carboxylic acid groups (broad SMARTS) is 2. The van der Waals surface area contributed by atoms with Crippen molar-refractivity contribution < 1.29 is 45.0 Å². The van der Waals surface area contributed by atoms with Crippen LogP contribution in [0.5, 0.6) is 0 Å². The average Bonchev–Trinajstić information content (AvgIpc) is 2.57. The molecule has 0 saturated carbocycles. The molecule has 0 unspecified atom stereocenters. The van der Waals surface area contributed by atoms with Crippen LogP contribution in [0.25, 0.3) is 0 Å². The summed E-state index contributed by atoms with van der Waals surface area (Å²) in [7, 11) is 0. The molecular weight excluding hydrogens is 336 g/mol. The fraction of sp³-hybridized carbons (Fsp3) is 0.875. The number of rotatable bonds is 14. The zero-order chi connectivity index (χ0) is 19.8. The molecular formula is C16H34O9. The zero-order valence-corrected chi connectivity index (χ0v) is 14.8. The summed E-state index contributed by atoms with van der Waals surface area (Å²) in [6.07, 6.45) is 4.85. The number of hydrogen-bond acceptors (Lipinski definition) is 7. The van der Waals surface area contributed by atoms with E-state index in [4.69, 9.17) is 30.6 Å². The highest BCUT2D eigenvalue weighted by molar-refractivity contribution is 5.67. The summed E-state index contributed by atoms with van der Waals surface area (Å²) in [6, 6.07) is 0. The summed E-state index contributed by atoms with van der Waals surface area (Å²) in [6.45, 7) is 1.26. The van der Waals surface area contributed by atoms with Gasteiger partial charge in [0.25, 0.3) is 0 Å². The Morgan fingerprint density at radius 1 is 0.560 bits per heavy atom. The second-order valence-electron chi connectivity index (χ2n) is 4.92. The third kappa shape index (κ3) is 45.0. The second-order valence-corrected chi connectivity index (χ2v) is 4.92. The summed E-state index contributed by atoms with van der Waals surface area (Å²) in [5, 5.41) is 49.0. The maximum Gasteiger partial charge on any atom is 0.303 e. The Morgan fingerprint density at radius 2 is 0.920 bits per heavy atom. The molecule has 0 aromatic heterocycles. The van der Waals surface area contributed by atoms with Crippen LogP contribution in [0, 0.1) is 0 Å². The van der Waals surface area contributed by atoms with E-state index in [-0.39, 0.29) is 39.3 Å². The highest BCUT2D eigenvalue weighted by atomic mass is 16.5. The molecule has 0 saturated heterocycles. The van der Waals surface area contributed by atoms with Crippen molar-refractivity contribution in [3.8, 4) is 0 Å². The van der Waals surface area contributed by atoms with Crippen LogP contribution >= 0.6 is 0 Å². The Kier molecular flexibility index (Phi) is 31.5. The molecule has 0 radical (unpaired) electrons. The van der Waals surface area contributed by atoms with Crippen molar-refractivity contribution in [3.05, 3.63) is 0 Å². The van der Waals surface area contributed by atoms with Crippen LogP contribution in [-0.4, -0.2) is 82.2 Å². The highest BCUT2D eigenvalue weighted by Gasteiger charge is 1.99. The fourth-order valence-corrected chi connectivity index (χ4v) is 1.36. The van der Waals surface area contributed by atoms with E-state index in [0.717, 1.165) is 25.7 Å². The Morgan fingerprint density at radius 3 is 1.16 bits per heavy atom. The van der Waals surface area contributed by atoms with Crippen molar-refractivity contribution in [1.82, 2.24) is 0 Å². The van der Waals surface area contributed by atoms with Gasteiger partial charge in [-0.3, -0.25) is 9.59 Å². The van der Waals surface area contributed by atoms with Gasteiger partial charge >= 0.3 is 11.9 Å². The molecule has 25 heavy (non-hydrogen) atoms. The first kappa shape index (κ1) is 28.5. The Hall–Kier alpha value is -1.26. The summed E-state index contributed by atoms with van der Waals surface area (Å²) in [5.74, 6) is -1.74. The van der Waals surface area contributed by atoms with E-state index in [1.165, 1.54) is 0 Å². The van der Waals surface area contributed by atoms with Gasteiger partial charge < -0.3 is 35.4 Å². The maximum absolute atomic E-state index is 9.90. The molecule has 0 heterocycles. The molecule has 0 aliphatic rings. The number of ether oxygens (including phenoxy) is 1. The van der Waals surface area contributed by atoms with Crippen molar-refractivity contribution in [3.63, 3.8) is 0 Å². The van der Waals surface area contributed by atoms with E-state index in [2.05, 4.69) is 4.74 Å². The predicted octanol–water partition coefficient (Wildman–Crippen LogP) is 0.235. The molecule has 0 atom stereocenters. The molecule has 9 nitrogen and oxygen atoms in total. The van der Waals surface area contributed by atoms with Crippen molar-refractivity contribution in [2.75, 3.05) is 39.6 Å². The van der Waals surface area contributed by atoms with Gasteiger partial charge in [0.2, 0.25) is 0 Å². The lowest BCUT2D eigenvalue weighted by molar-refractivity contribution is -0.139. The predicted molar refractivity (Wildman–Crippen MR) is 91.4 cm³/mol. The lowest BCUT2D eigenvalue weighted by atomic mass is 10.2. The fourth-order valence-electron chi connectivity index (χ4n) is 1.36. The van der Waals surface area contributed by atoms with Gasteiger partial charge in [-0.15, -0.1) is 0 Å². The molecule has 0 spiro atoms. The van der Waals surface area contributed by atoms with E-state index in [1.54, 1.807) is 0 Å². The lowest BCUT2D eigenvalue weighted by Crippen LogP contribution is -2.03. The number of aliphatic carboxylic acids is 2. The van der Waals surface area contributed by atoms with Crippen molar-refractivity contribution >= 4 is 11.9 Å². The minimum Gasteiger partial charge on any atom is -0.481 e. The van der Waals surface area contributed by atoms with Crippen LogP contribution in [-0.2, 0) is 14.3 Å². The molecule has 0 fully saturated rings. The van der Waals surface area contributed by atoms with Crippen LogP contribution in [0.3, 0.4) is 0 Å². The lowest BCUT2D eigenvalue weighted by Gasteiger charge is -1.94. The molecule has 0 aromatic carbocycles.